The van der Waals surface area contributed by atoms with Crippen molar-refractivity contribution in [2.24, 2.45) is 5.92 Å². The Kier molecular flexibility index (Phi) is 14.1. The molecule has 0 spiro atoms. The summed E-state index contributed by atoms with van der Waals surface area (Å²) < 4.78 is 78.2. The molecule has 0 radical (unpaired) electrons. The highest BCUT2D eigenvalue weighted by Gasteiger charge is 2.52. The SMILES string of the molecule is O=C1[C@H](CC[C@H](O)c2ccc(F)cc2)[C@@H](c2ccc(-c3cccc(O)c3)cc2OS(=O)(=O)C[C@@H]2O[C@H](CO)C(O[C@@H]3O[C@H](CO)[C@@H](O)[C@H](O)[C@H]3O)[C@H](O)[C@H]2O)N1c1ccc(F)cc1. The van der Waals surface area contributed by atoms with Crippen LogP contribution in [-0.2, 0) is 29.1 Å². The third-order valence-electron chi connectivity index (χ3n) is 11.5. The first-order chi connectivity index (χ1) is 30.0. The molecule has 3 aliphatic heterocycles. The Balaban J connectivity index is 1.18. The normalized spacial score (nSPS) is 30.4. The minimum Gasteiger partial charge on any atom is -0.508 e. The molecule has 340 valence electrons. The van der Waals surface area contributed by atoms with Crippen LogP contribution in [0.4, 0.5) is 14.5 Å². The molecular weight excluding hydrogens is 857 g/mol. The van der Waals surface area contributed by atoms with E-state index < -0.39 is 126 Å². The van der Waals surface area contributed by atoms with Gasteiger partial charge in [0.25, 0.3) is 0 Å². The van der Waals surface area contributed by atoms with E-state index in [1.165, 1.54) is 65.6 Å². The molecule has 0 aromatic heterocycles. The predicted molar refractivity (Wildman–Crippen MR) is 215 cm³/mol. The summed E-state index contributed by atoms with van der Waals surface area (Å²) in [5.41, 5.74) is 1.61. The average molecular weight is 904 g/mol. The maximum Gasteiger partial charge on any atom is 0.311 e. The fraction of sp³-hybridized carbons (Fsp3) is 0.419. The molecule has 0 bridgehead atoms. The van der Waals surface area contributed by atoms with Gasteiger partial charge in [0.2, 0.25) is 5.91 Å². The number of phenols is 1. The molecule has 3 fully saturated rings. The first kappa shape index (κ1) is 46.3. The topological polar surface area (TPSA) is 273 Å². The fourth-order valence-electron chi connectivity index (χ4n) is 8.16. The van der Waals surface area contributed by atoms with Crippen molar-refractivity contribution < 1.29 is 86.3 Å². The van der Waals surface area contributed by atoms with Gasteiger partial charge in [-0.3, -0.25) is 4.79 Å². The smallest absolute Gasteiger partial charge is 0.311 e. The van der Waals surface area contributed by atoms with Gasteiger partial charge in [0, 0.05) is 11.3 Å². The van der Waals surface area contributed by atoms with E-state index >= 15 is 0 Å². The van der Waals surface area contributed by atoms with Gasteiger partial charge in [-0.25, -0.2) is 8.78 Å². The number of rotatable bonds is 15. The highest BCUT2D eigenvalue weighted by Crippen LogP contribution is 2.50. The molecule has 17 nitrogen and oxygen atoms in total. The number of aromatic hydroxyl groups is 1. The molecule has 3 aliphatic rings. The summed E-state index contributed by atoms with van der Waals surface area (Å²) in [6.45, 7) is -1.73. The van der Waals surface area contributed by atoms with Gasteiger partial charge in [-0.05, 0) is 84.1 Å². The summed E-state index contributed by atoms with van der Waals surface area (Å²) in [5.74, 6) is -3.97. The molecule has 9 N–H and O–H groups in total. The summed E-state index contributed by atoms with van der Waals surface area (Å²) in [6.07, 6.45) is -18.9. The lowest BCUT2D eigenvalue weighted by Crippen LogP contribution is -2.65. The number of nitrogens with zero attached hydrogens (tertiary/aromatic N) is 1. The molecular formula is C43H47F2NO16S. The number of β-lactam (4-membered cyclic amide) rings is 1. The van der Waals surface area contributed by atoms with Crippen LogP contribution in [0, 0.1) is 17.6 Å². The number of anilines is 1. The van der Waals surface area contributed by atoms with Crippen LogP contribution in [0.3, 0.4) is 0 Å². The second kappa shape index (κ2) is 19.2. The molecule has 20 heteroatoms. The van der Waals surface area contributed by atoms with Gasteiger partial charge < -0.3 is 69.3 Å². The van der Waals surface area contributed by atoms with E-state index in [1.807, 2.05) is 0 Å². The summed E-state index contributed by atoms with van der Waals surface area (Å²) in [6, 6.07) is 19.7. The van der Waals surface area contributed by atoms with E-state index in [4.69, 9.17) is 18.4 Å². The maximum absolute atomic E-state index is 14.1. The molecule has 3 heterocycles. The van der Waals surface area contributed by atoms with Crippen LogP contribution in [0.1, 0.15) is 36.1 Å². The Morgan fingerprint density at radius 1 is 0.730 bits per heavy atom. The van der Waals surface area contributed by atoms with E-state index in [0.29, 0.717) is 16.7 Å². The van der Waals surface area contributed by atoms with Crippen LogP contribution in [0.2, 0.25) is 0 Å². The number of phenolic OH excluding ortho intramolecular Hbond substituents is 1. The number of aliphatic hydroxyl groups is 8. The minimum absolute atomic E-state index is 0.0258. The quantitative estimate of drug-likeness (QED) is 0.0593. The second-order valence-corrected chi connectivity index (χ2v) is 17.3. The number of aliphatic hydroxyl groups excluding tert-OH is 8. The number of carbonyl (C=O) groups excluding carboxylic acids is 1. The maximum atomic E-state index is 14.1. The largest absolute Gasteiger partial charge is 0.508 e. The van der Waals surface area contributed by atoms with E-state index in [1.54, 1.807) is 18.2 Å². The zero-order chi connectivity index (χ0) is 45.3. The number of ether oxygens (including phenoxy) is 3. The van der Waals surface area contributed by atoms with Crippen LogP contribution >= 0.6 is 0 Å². The van der Waals surface area contributed by atoms with Crippen LogP contribution in [0.25, 0.3) is 11.1 Å². The summed E-state index contributed by atoms with van der Waals surface area (Å²) >= 11 is 0. The number of amides is 1. The van der Waals surface area contributed by atoms with Crippen molar-refractivity contribution in [3.05, 3.63) is 114 Å². The number of carbonyl (C=O) groups is 1. The lowest BCUT2D eigenvalue weighted by atomic mass is 9.77. The standard InChI is InChI=1S/C43H47F2NO16S/c44-24-7-4-21(5-8-24)30(50)15-14-29-35(46(42(29)56)26-11-9-25(45)10-12-26)28-13-6-23(22-2-1-3-27(49)16-22)17-31(28)62-63(57,58)20-34-37(52)39(54)41(33(19-48)59-34)61-43-40(55)38(53)36(51)32(18-47)60-43/h1-13,16-17,29-30,32-41,43,47-55H,14-15,18-20H2/t29-,30+,32-,33-,34+,35-,36-,37+,38+,39-,40-,41?,43+/m1/s1. The molecule has 4 aromatic carbocycles. The molecule has 1 amide bonds. The van der Waals surface area contributed by atoms with E-state index in [9.17, 15) is 68.0 Å². The molecule has 0 saturated carbocycles. The van der Waals surface area contributed by atoms with Crippen molar-refractivity contribution in [2.45, 2.75) is 86.2 Å². The highest BCUT2D eigenvalue weighted by molar-refractivity contribution is 7.87. The van der Waals surface area contributed by atoms with Crippen molar-refractivity contribution in [3.8, 4) is 22.6 Å². The first-order valence-corrected chi connectivity index (χ1v) is 21.5. The van der Waals surface area contributed by atoms with Gasteiger partial charge in [0.1, 0.15) is 83.8 Å². The molecule has 63 heavy (non-hydrogen) atoms. The third-order valence-corrected chi connectivity index (χ3v) is 12.7. The zero-order valence-electron chi connectivity index (χ0n) is 33.2. The molecule has 13 atom stereocenters. The van der Waals surface area contributed by atoms with Gasteiger partial charge in [0.05, 0.1) is 31.3 Å². The number of hydrogen-bond acceptors (Lipinski definition) is 16. The molecule has 7 rings (SSSR count). The molecule has 0 aliphatic carbocycles. The number of benzene rings is 4. The van der Waals surface area contributed by atoms with Crippen LogP contribution < -0.4 is 9.08 Å². The Bertz CT molecular complexity index is 2320. The summed E-state index contributed by atoms with van der Waals surface area (Å²) in [7, 11) is -4.88. The molecule has 1 unspecified atom stereocenters. The Morgan fingerprint density at radius 3 is 2.02 bits per heavy atom. The third kappa shape index (κ3) is 9.87. The fourth-order valence-corrected chi connectivity index (χ4v) is 9.32. The lowest BCUT2D eigenvalue weighted by Gasteiger charge is -2.48. The van der Waals surface area contributed by atoms with E-state index in [-0.39, 0.29) is 35.6 Å². The summed E-state index contributed by atoms with van der Waals surface area (Å²) in [5, 5.41) is 94.1. The zero-order valence-corrected chi connectivity index (χ0v) is 34.0. The van der Waals surface area contributed by atoms with Crippen molar-refractivity contribution in [1.82, 2.24) is 0 Å². The average Bonchev–Trinajstić information content (AvgIpc) is 3.26. The highest BCUT2D eigenvalue weighted by atomic mass is 32.2. The van der Waals surface area contributed by atoms with Gasteiger partial charge in [0.15, 0.2) is 6.29 Å². The lowest BCUT2D eigenvalue weighted by molar-refractivity contribution is -0.341. The van der Waals surface area contributed by atoms with Gasteiger partial charge in [-0.15, -0.1) is 0 Å². The summed E-state index contributed by atoms with van der Waals surface area (Å²) in [4.78, 5) is 15.2. The van der Waals surface area contributed by atoms with Crippen molar-refractivity contribution in [3.63, 3.8) is 0 Å². The monoisotopic (exact) mass is 903 g/mol. The van der Waals surface area contributed by atoms with Gasteiger partial charge in [-0.2, -0.15) is 8.42 Å². The van der Waals surface area contributed by atoms with Gasteiger partial charge >= 0.3 is 10.1 Å². The molecule has 4 aromatic rings. The van der Waals surface area contributed by atoms with Crippen molar-refractivity contribution >= 4 is 21.7 Å². The van der Waals surface area contributed by atoms with Crippen LogP contribution in [-0.4, -0.2) is 140 Å². The van der Waals surface area contributed by atoms with E-state index in [0.717, 1.165) is 12.1 Å². The Morgan fingerprint density at radius 2 is 1.37 bits per heavy atom. The predicted octanol–water partition coefficient (Wildman–Crippen LogP) is 0.930. The number of halogens is 2. The second-order valence-electron chi connectivity index (χ2n) is 15.7. The van der Waals surface area contributed by atoms with Gasteiger partial charge in [-0.1, -0.05) is 36.4 Å². The van der Waals surface area contributed by atoms with Crippen molar-refractivity contribution in [2.75, 3.05) is 23.9 Å². The molecule has 3 saturated heterocycles. The van der Waals surface area contributed by atoms with Crippen molar-refractivity contribution in [1.29, 1.82) is 0 Å². The van der Waals surface area contributed by atoms with E-state index in [2.05, 4.69) is 0 Å². The van der Waals surface area contributed by atoms with Crippen LogP contribution in [0.15, 0.2) is 91.0 Å². The Labute approximate surface area is 359 Å². The first-order valence-electron chi connectivity index (χ1n) is 20.0. The minimum atomic E-state index is -4.88. The van der Waals surface area contributed by atoms with Crippen LogP contribution in [0.5, 0.6) is 11.5 Å². The Hall–Kier alpha value is -4.68. The number of hydrogen-bond donors (Lipinski definition) is 9.